The van der Waals surface area contributed by atoms with E-state index in [1.807, 2.05) is 0 Å². The summed E-state index contributed by atoms with van der Waals surface area (Å²) in [6, 6.07) is 57.1. The average molecular weight is 589 g/mol. The molecule has 0 saturated carbocycles. The Morgan fingerprint density at radius 1 is 0.356 bits per heavy atom. The molecule has 0 aliphatic carbocycles. The highest BCUT2D eigenvalue weighted by atomic mass is 28.3. The summed E-state index contributed by atoms with van der Waals surface area (Å²) >= 11 is 0. The van der Waals surface area contributed by atoms with Crippen LogP contribution in [0.15, 0.2) is 158 Å². The van der Waals surface area contributed by atoms with Gasteiger partial charge in [-0.3, -0.25) is 0 Å². The van der Waals surface area contributed by atoms with Crippen LogP contribution in [0.2, 0.25) is 13.1 Å². The molecule has 0 fully saturated rings. The van der Waals surface area contributed by atoms with E-state index in [4.69, 9.17) is 0 Å². The van der Waals surface area contributed by atoms with E-state index in [0.29, 0.717) is 0 Å². The van der Waals surface area contributed by atoms with Crippen LogP contribution >= 0.6 is 0 Å². The predicted octanol–water partition coefficient (Wildman–Crippen LogP) is 10.2. The van der Waals surface area contributed by atoms with Crippen LogP contribution in [-0.2, 0) is 0 Å². The van der Waals surface area contributed by atoms with Gasteiger partial charge in [0.1, 0.15) is 8.07 Å². The Labute approximate surface area is 265 Å². The molecule has 45 heavy (non-hydrogen) atoms. The second-order valence-corrected chi connectivity index (χ2v) is 16.6. The largest absolute Gasteiger partial charge is 0.113 e. The summed E-state index contributed by atoms with van der Waals surface area (Å²) in [5.41, 5.74) is 4.67. The SMILES string of the molecule is C[Si](C)(c1ccccc1)c1c2ccccc2c(C#Cc2c3ccccc3c(-c3ccccc3)c3ccccc23)c2ccccc12. The van der Waals surface area contributed by atoms with E-state index in [0.717, 1.165) is 11.1 Å². The van der Waals surface area contributed by atoms with Gasteiger partial charge in [-0.15, -0.1) is 0 Å². The van der Waals surface area contributed by atoms with Crippen LogP contribution in [0.1, 0.15) is 11.1 Å². The quantitative estimate of drug-likeness (QED) is 0.109. The highest BCUT2D eigenvalue weighted by Gasteiger charge is 2.30. The standard InChI is InChI=1S/C44H32Si/c1-45(2,32-19-7-4-8-20-32)44-41-27-15-11-23-35(41)38(36-24-12-16-28-42(36)44)30-29-37-33-21-9-13-25-39(33)43(31-17-5-3-6-18-31)40-26-14-10-22-34(37)40/h3-28H,1-2H3. The molecule has 0 heterocycles. The number of fused-ring (bicyclic) bond motifs is 4. The van der Waals surface area contributed by atoms with E-state index in [1.165, 1.54) is 64.6 Å². The first-order chi connectivity index (χ1) is 22.1. The molecule has 0 aromatic heterocycles. The first-order valence-electron chi connectivity index (χ1n) is 15.6. The third kappa shape index (κ3) is 4.46. The maximum absolute atomic E-state index is 3.77. The zero-order valence-corrected chi connectivity index (χ0v) is 26.5. The van der Waals surface area contributed by atoms with Crippen molar-refractivity contribution in [2.75, 3.05) is 0 Å². The third-order valence-corrected chi connectivity index (χ3v) is 12.9. The Hall–Kier alpha value is -5.42. The topological polar surface area (TPSA) is 0 Å². The van der Waals surface area contributed by atoms with Crippen LogP contribution < -0.4 is 10.4 Å². The molecule has 0 spiro atoms. The maximum Gasteiger partial charge on any atom is 0.113 e. The lowest BCUT2D eigenvalue weighted by Crippen LogP contribution is -2.53. The molecule has 8 aromatic rings. The van der Waals surface area contributed by atoms with Crippen molar-refractivity contribution in [3.05, 3.63) is 169 Å². The second kappa shape index (κ2) is 10.9. The molecule has 0 amide bonds. The molecule has 0 nitrogen and oxygen atoms in total. The summed E-state index contributed by atoms with van der Waals surface area (Å²) in [5, 5.41) is 12.8. The Morgan fingerprint density at radius 2 is 0.689 bits per heavy atom. The van der Waals surface area contributed by atoms with Gasteiger partial charge in [-0.2, -0.15) is 0 Å². The molecule has 0 saturated heterocycles. The van der Waals surface area contributed by atoms with Crippen molar-refractivity contribution in [1.82, 2.24) is 0 Å². The number of rotatable bonds is 3. The molecule has 0 radical (unpaired) electrons. The highest BCUT2D eigenvalue weighted by Crippen LogP contribution is 2.39. The molecule has 0 N–H and O–H groups in total. The van der Waals surface area contributed by atoms with E-state index in [1.54, 1.807) is 0 Å². The van der Waals surface area contributed by atoms with Crippen molar-refractivity contribution < 1.29 is 0 Å². The van der Waals surface area contributed by atoms with Gasteiger partial charge in [-0.1, -0.05) is 188 Å². The fourth-order valence-corrected chi connectivity index (χ4v) is 10.3. The van der Waals surface area contributed by atoms with Crippen molar-refractivity contribution in [1.29, 1.82) is 0 Å². The number of benzene rings is 8. The third-order valence-electron chi connectivity index (χ3n) is 9.36. The zero-order chi connectivity index (χ0) is 30.4. The fourth-order valence-electron chi connectivity index (χ4n) is 7.24. The van der Waals surface area contributed by atoms with E-state index >= 15 is 0 Å². The minimum atomic E-state index is -2.05. The zero-order valence-electron chi connectivity index (χ0n) is 25.5. The van der Waals surface area contributed by atoms with Gasteiger partial charge < -0.3 is 0 Å². The summed E-state index contributed by atoms with van der Waals surface area (Å²) in [5.74, 6) is 7.54. The van der Waals surface area contributed by atoms with Crippen LogP contribution in [0.3, 0.4) is 0 Å². The average Bonchev–Trinajstić information content (AvgIpc) is 3.10. The number of hydrogen-bond acceptors (Lipinski definition) is 0. The molecule has 0 unspecified atom stereocenters. The van der Waals surface area contributed by atoms with Gasteiger partial charge in [0.2, 0.25) is 0 Å². The highest BCUT2D eigenvalue weighted by molar-refractivity contribution is 7.03. The lowest BCUT2D eigenvalue weighted by molar-refractivity contribution is 1.66. The van der Waals surface area contributed by atoms with Crippen LogP contribution in [0.4, 0.5) is 0 Å². The Bertz CT molecular complexity index is 2330. The van der Waals surface area contributed by atoms with Crippen molar-refractivity contribution in [3.63, 3.8) is 0 Å². The molecule has 8 aromatic carbocycles. The maximum atomic E-state index is 3.77. The molecule has 0 bridgehead atoms. The summed E-state index contributed by atoms with van der Waals surface area (Å²) < 4.78 is 0. The predicted molar refractivity (Wildman–Crippen MR) is 198 cm³/mol. The molecule has 1 heteroatoms. The van der Waals surface area contributed by atoms with Crippen LogP contribution in [0.5, 0.6) is 0 Å². The Kier molecular flexibility index (Phi) is 6.60. The van der Waals surface area contributed by atoms with Gasteiger partial charge in [0.25, 0.3) is 0 Å². The fraction of sp³-hybridized carbons (Fsp3) is 0.0455. The first kappa shape index (κ1) is 27.1. The summed E-state index contributed by atoms with van der Waals surface area (Å²) in [7, 11) is -2.05. The van der Waals surface area contributed by atoms with Crippen molar-refractivity contribution in [3.8, 4) is 23.0 Å². The van der Waals surface area contributed by atoms with Crippen molar-refractivity contribution in [2.24, 2.45) is 0 Å². The Balaban J connectivity index is 1.44. The van der Waals surface area contributed by atoms with Gasteiger partial charge in [-0.05, 0) is 59.4 Å². The van der Waals surface area contributed by atoms with Gasteiger partial charge in [0, 0.05) is 11.1 Å². The lowest BCUT2D eigenvalue weighted by Gasteiger charge is -2.28. The normalized spacial score (nSPS) is 11.6. The lowest BCUT2D eigenvalue weighted by atomic mass is 9.88. The summed E-state index contributed by atoms with van der Waals surface area (Å²) in [4.78, 5) is 0. The monoisotopic (exact) mass is 588 g/mol. The molecule has 0 atom stereocenters. The van der Waals surface area contributed by atoms with Crippen molar-refractivity contribution >= 4 is 61.5 Å². The molecule has 0 aliphatic rings. The van der Waals surface area contributed by atoms with Gasteiger partial charge in [0.05, 0.1) is 0 Å². The van der Waals surface area contributed by atoms with Crippen LogP contribution in [-0.4, -0.2) is 8.07 Å². The van der Waals surface area contributed by atoms with E-state index in [-0.39, 0.29) is 0 Å². The van der Waals surface area contributed by atoms with Crippen LogP contribution in [0.25, 0.3) is 54.2 Å². The molecule has 0 aliphatic heterocycles. The Morgan fingerprint density at radius 3 is 1.13 bits per heavy atom. The van der Waals surface area contributed by atoms with Gasteiger partial charge >= 0.3 is 0 Å². The number of hydrogen-bond donors (Lipinski definition) is 0. The van der Waals surface area contributed by atoms with E-state index in [9.17, 15) is 0 Å². The molecular formula is C44H32Si. The molecule has 8 rings (SSSR count). The minimum absolute atomic E-state index is 1.08. The smallest absolute Gasteiger partial charge is 0.0626 e. The van der Waals surface area contributed by atoms with Crippen molar-refractivity contribution in [2.45, 2.75) is 13.1 Å². The molecular weight excluding hydrogens is 557 g/mol. The summed E-state index contributed by atoms with van der Waals surface area (Å²) in [6.07, 6.45) is 0. The summed E-state index contributed by atoms with van der Waals surface area (Å²) in [6.45, 7) is 4.96. The van der Waals surface area contributed by atoms with Gasteiger partial charge in [-0.25, -0.2) is 0 Å². The minimum Gasteiger partial charge on any atom is -0.0626 e. The second-order valence-electron chi connectivity index (χ2n) is 12.3. The van der Waals surface area contributed by atoms with E-state index in [2.05, 4.69) is 183 Å². The van der Waals surface area contributed by atoms with Crippen LogP contribution in [0, 0.1) is 11.8 Å². The molecule has 212 valence electrons. The van der Waals surface area contributed by atoms with Gasteiger partial charge in [0.15, 0.2) is 0 Å². The first-order valence-corrected chi connectivity index (χ1v) is 18.6. The van der Waals surface area contributed by atoms with E-state index < -0.39 is 8.07 Å².